The Hall–Kier alpha value is -2.62. The van der Waals surface area contributed by atoms with Gasteiger partial charge in [-0.1, -0.05) is 43.7 Å². The van der Waals surface area contributed by atoms with E-state index >= 15 is 0 Å². The summed E-state index contributed by atoms with van der Waals surface area (Å²) >= 11 is 0. The second-order valence-corrected chi connectivity index (χ2v) is 6.99. The lowest BCUT2D eigenvalue weighted by Gasteiger charge is -2.19. The largest absolute Gasteiger partial charge is 0.345 e. The molecular formula is C22H27N3O. The van der Waals surface area contributed by atoms with Gasteiger partial charge in [-0.05, 0) is 50.8 Å². The molecule has 2 aromatic rings. The van der Waals surface area contributed by atoms with E-state index in [1.165, 1.54) is 12.8 Å². The van der Waals surface area contributed by atoms with Gasteiger partial charge in [-0.2, -0.15) is 0 Å². The van der Waals surface area contributed by atoms with Crippen LogP contribution in [-0.4, -0.2) is 21.3 Å². The van der Waals surface area contributed by atoms with E-state index < -0.39 is 0 Å². The Kier molecular flexibility index (Phi) is 5.71. The van der Waals surface area contributed by atoms with Crippen molar-refractivity contribution in [2.75, 3.05) is 0 Å². The van der Waals surface area contributed by atoms with Crippen LogP contribution in [0.4, 0.5) is 0 Å². The molecule has 4 nitrogen and oxygen atoms in total. The van der Waals surface area contributed by atoms with Gasteiger partial charge < -0.3 is 9.72 Å². The van der Waals surface area contributed by atoms with Gasteiger partial charge >= 0.3 is 0 Å². The Bertz CT molecular complexity index is 873. The van der Waals surface area contributed by atoms with Crippen LogP contribution in [0, 0.1) is 13.8 Å². The molecule has 0 radical (unpaired) electrons. The molecule has 1 atom stereocenters. The summed E-state index contributed by atoms with van der Waals surface area (Å²) in [6.07, 6.45) is 15.6. The number of carbonyl (C=O) groups is 1. The van der Waals surface area contributed by atoms with E-state index in [4.69, 9.17) is 0 Å². The molecule has 26 heavy (non-hydrogen) atoms. The summed E-state index contributed by atoms with van der Waals surface area (Å²) in [7, 11) is 0. The van der Waals surface area contributed by atoms with Gasteiger partial charge in [-0.3, -0.25) is 4.79 Å². The lowest BCUT2D eigenvalue weighted by atomic mass is 10.0. The van der Waals surface area contributed by atoms with E-state index in [0.29, 0.717) is 11.2 Å². The number of aromatic nitrogens is 2. The molecule has 0 saturated carbocycles. The molecule has 0 spiro atoms. The number of nitrogens with one attached hydrogen (secondary N) is 1. The minimum atomic E-state index is -0.0880. The van der Waals surface area contributed by atoms with E-state index in [0.717, 1.165) is 36.2 Å². The highest BCUT2D eigenvalue weighted by atomic mass is 16.1. The summed E-state index contributed by atoms with van der Waals surface area (Å²) < 4.78 is 1.96. The van der Waals surface area contributed by atoms with Crippen LogP contribution in [0.2, 0.25) is 0 Å². The summed E-state index contributed by atoms with van der Waals surface area (Å²) in [5, 5.41) is 3.17. The second-order valence-electron chi connectivity index (χ2n) is 6.99. The fourth-order valence-corrected chi connectivity index (χ4v) is 3.41. The Balaban J connectivity index is 1.82. The number of nitrogens with zero attached hydrogens (tertiary/aromatic N) is 2. The van der Waals surface area contributed by atoms with Crippen molar-refractivity contribution in [1.29, 1.82) is 0 Å². The van der Waals surface area contributed by atoms with Gasteiger partial charge in [0.1, 0.15) is 5.65 Å². The molecular weight excluding hydrogens is 322 g/mol. The van der Waals surface area contributed by atoms with Crippen LogP contribution < -0.4 is 5.32 Å². The fourth-order valence-electron chi connectivity index (χ4n) is 3.41. The van der Waals surface area contributed by atoms with Crippen LogP contribution in [0.3, 0.4) is 0 Å². The van der Waals surface area contributed by atoms with Crippen molar-refractivity contribution >= 4 is 11.6 Å². The molecule has 0 aromatic carbocycles. The molecule has 0 aliphatic heterocycles. The molecule has 1 N–H and O–H groups in total. The molecule has 2 heterocycles. The van der Waals surface area contributed by atoms with Crippen molar-refractivity contribution in [3.05, 3.63) is 71.7 Å². The topological polar surface area (TPSA) is 46.4 Å². The smallest absolute Gasteiger partial charge is 0.255 e. The number of fused-ring (bicyclic) bond motifs is 1. The first kappa shape index (κ1) is 18.2. The molecule has 3 rings (SSSR count). The van der Waals surface area contributed by atoms with E-state index in [2.05, 4.69) is 29.0 Å². The second kappa shape index (κ2) is 8.17. The van der Waals surface area contributed by atoms with Crippen LogP contribution in [0.15, 0.2) is 54.8 Å². The third-order valence-corrected chi connectivity index (χ3v) is 4.86. The highest BCUT2D eigenvalue weighted by Gasteiger charge is 2.19. The zero-order chi connectivity index (χ0) is 18.5. The van der Waals surface area contributed by atoms with Crippen LogP contribution in [0.5, 0.6) is 0 Å². The van der Waals surface area contributed by atoms with Crippen LogP contribution in [0.25, 0.3) is 5.65 Å². The van der Waals surface area contributed by atoms with Gasteiger partial charge in [-0.15, -0.1) is 0 Å². The first-order chi connectivity index (χ1) is 12.6. The van der Waals surface area contributed by atoms with Gasteiger partial charge in [0.25, 0.3) is 5.91 Å². The molecule has 4 heteroatoms. The highest BCUT2D eigenvalue weighted by molar-refractivity contribution is 6.00. The van der Waals surface area contributed by atoms with E-state index in [-0.39, 0.29) is 11.9 Å². The number of carbonyl (C=O) groups excluding carboxylic acids is 1. The predicted octanol–water partition coefficient (Wildman–Crippen LogP) is 4.68. The summed E-state index contributed by atoms with van der Waals surface area (Å²) in [4.78, 5) is 17.5. The van der Waals surface area contributed by atoms with Crippen LogP contribution in [0.1, 0.15) is 53.8 Å². The zero-order valence-electron chi connectivity index (χ0n) is 15.7. The monoisotopic (exact) mass is 349 g/mol. The van der Waals surface area contributed by atoms with Gasteiger partial charge in [0, 0.05) is 17.6 Å². The maximum absolute atomic E-state index is 12.9. The normalized spacial score (nSPS) is 21.2. The molecule has 1 amide bonds. The van der Waals surface area contributed by atoms with Crippen molar-refractivity contribution in [2.45, 2.75) is 52.0 Å². The highest BCUT2D eigenvalue weighted by Crippen LogP contribution is 2.17. The Morgan fingerprint density at radius 3 is 2.96 bits per heavy atom. The number of hydrogen-bond donors (Lipinski definition) is 1. The Morgan fingerprint density at radius 1 is 1.27 bits per heavy atom. The van der Waals surface area contributed by atoms with Crippen molar-refractivity contribution < 1.29 is 4.79 Å². The van der Waals surface area contributed by atoms with Crippen molar-refractivity contribution in [1.82, 2.24) is 14.7 Å². The first-order valence-electron chi connectivity index (χ1n) is 9.34. The fraction of sp³-hybridized carbons (Fsp3) is 0.364. The third-order valence-electron chi connectivity index (χ3n) is 4.86. The maximum Gasteiger partial charge on any atom is 0.255 e. The predicted molar refractivity (Wildman–Crippen MR) is 106 cm³/mol. The van der Waals surface area contributed by atoms with E-state index in [9.17, 15) is 4.79 Å². The molecule has 1 aliphatic carbocycles. The summed E-state index contributed by atoms with van der Waals surface area (Å²) in [5.41, 5.74) is 4.25. The average molecular weight is 349 g/mol. The quantitative estimate of drug-likeness (QED) is 0.855. The van der Waals surface area contributed by atoms with E-state index in [1.807, 2.05) is 48.7 Å². The molecule has 1 unspecified atom stereocenters. The number of aryl methyl sites for hydroxylation is 2. The molecule has 136 valence electrons. The Labute approximate surface area is 155 Å². The summed E-state index contributed by atoms with van der Waals surface area (Å²) in [5.74, 6) is -0.0880. The molecule has 0 saturated heterocycles. The van der Waals surface area contributed by atoms with E-state index in [1.54, 1.807) is 0 Å². The van der Waals surface area contributed by atoms with Crippen LogP contribution in [-0.2, 0) is 0 Å². The third kappa shape index (κ3) is 4.13. The Morgan fingerprint density at radius 2 is 2.12 bits per heavy atom. The molecule has 0 bridgehead atoms. The first-order valence-corrected chi connectivity index (χ1v) is 9.34. The van der Waals surface area contributed by atoms with Crippen LogP contribution >= 0.6 is 0 Å². The number of allylic oxidation sites excluding steroid dienone is 3. The molecule has 1 aliphatic rings. The number of rotatable bonds is 2. The number of hydrogen-bond acceptors (Lipinski definition) is 2. The van der Waals surface area contributed by atoms with Gasteiger partial charge in [0.15, 0.2) is 0 Å². The van der Waals surface area contributed by atoms with Crippen molar-refractivity contribution in [2.24, 2.45) is 0 Å². The van der Waals surface area contributed by atoms with Crippen molar-refractivity contribution in [3.8, 4) is 0 Å². The SMILES string of the molecule is C=C1/C=C\C=C/CCCCCC1NC(=O)c1ccn2c(C)cc(C)nc12. The molecule has 2 aromatic heterocycles. The average Bonchev–Trinajstić information content (AvgIpc) is 3.01. The number of amides is 1. The van der Waals surface area contributed by atoms with Gasteiger partial charge in [0.05, 0.1) is 11.6 Å². The van der Waals surface area contributed by atoms with Crippen molar-refractivity contribution in [3.63, 3.8) is 0 Å². The summed E-state index contributed by atoms with van der Waals surface area (Å²) in [6.45, 7) is 8.14. The lowest BCUT2D eigenvalue weighted by Crippen LogP contribution is -2.35. The zero-order valence-corrected chi connectivity index (χ0v) is 15.7. The minimum Gasteiger partial charge on any atom is -0.345 e. The maximum atomic E-state index is 12.9. The van der Waals surface area contributed by atoms with Gasteiger partial charge in [-0.25, -0.2) is 4.98 Å². The summed E-state index contributed by atoms with van der Waals surface area (Å²) in [6, 6.07) is 3.81. The lowest BCUT2D eigenvalue weighted by molar-refractivity contribution is 0.0942. The minimum absolute atomic E-state index is 0.0499. The molecule has 0 fully saturated rings. The van der Waals surface area contributed by atoms with Gasteiger partial charge in [0.2, 0.25) is 0 Å². The standard InChI is InChI=1S/C22H27N3O/c1-16-11-9-7-5-4-6-8-10-12-20(16)24-22(26)19-13-14-25-18(3)15-17(2)23-21(19)25/h5,7,9,11,13-15,20H,1,4,6,8,10,12H2,2-3H3,(H,24,26)/b7-5-,11-9-.